The maximum Gasteiger partial charge on any atom is 0.469 e. The highest BCUT2D eigenvalue weighted by atomic mass is 31.2. The quantitative estimate of drug-likeness (QED) is 0.0295. The molecular formula is C37H71O8P. The van der Waals surface area contributed by atoms with Crippen LogP contribution in [0.5, 0.6) is 0 Å². The molecule has 0 saturated heterocycles. The predicted octanol–water partition coefficient (Wildman–Crippen LogP) is 11.1. The number of unbranched alkanes of at least 4 members (excludes halogenated alkanes) is 23. The monoisotopic (exact) mass is 674 g/mol. The molecule has 1 unspecified atom stereocenters. The topological polar surface area (TPSA) is 119 Å². The molecule has 0 bridgehead atoms. The molecule has 9 heteroatoms. The van der Waals surface area contributed by atoms with Gasteiger partial charge in [-0.15, -0.1) is 0 Å². The highest BCUT2D eigenvalue weighted by Crippen LogP contribution is 2.36. The molecule has 0 aromatic carbocycles. The Labute approximate surface area is 282 Å². The van der Waals surface area contributed by atoms with Gasteiger partial charge in [-0.05, 0) is 38.5 Å². The van der Waals surface area contributed by atoms with Crippen LogP contribution in [0.1, 0.15) is 194 Å². The van der Waals surface area contributed by atoms with Gasteiger partial charge in [0.25, 0.3) is 0 Å². The van der Waals surface area contributed by atoms with E-state index in [1.807, 2.05) is 0 Å². The molecule has 0 saturated carbocycles. The van der Waals surface area contributed by atoms with Gasteiger partial charge in [-0.25, -0.2) is 4.57 Å². The third-order valence-electron chi connectivity index (χ3n) is 8.28. The Hall–Kier alpha value is -1.21. The third-order valence-corrected chi connectivity index (χ3v) is 8.77. The van der Waals surface area contributed by atoms with Gasteiger partial charge in [-0.2, -0.15) is 0 Å². The number of hydrogen-bond acceptors (Lipinski definition) is 6. The predicted molar refractivity (Wildman–Crippen MR) is 189 cm³/mol. The zero-order chi connectivity index (χ0) is 34.0. The van der Waals surface area contributed by atoms with Crippen LogP contribution in [0.3, 0.4) is 0 Å². The van der Waals surface area contributed by atoms with E-state index in [0.29, 0.717) is 6.42 Å². The summed E-state index contributed by atoms with van der Waals surface area (Å²) in [4.78, 5) is 42.6. The van der Waals surface area contributed by atoms with Crippen molar-refractivity contribution in [1.29, 1.82) is 0 Å². The summed E-state index contributed by atoms with van der Waals surface area (Å²) in [6.45, 7) is 3.67. The van der Waals surface area contributed by atoms with E-state index in [0.717, 1.165) is 44.9 Å². The minimum atomic E-state index is -4.74. The Morgan fingerprint density at radius 3 is 1.33 bits per heavy atom. The average molecular weight is 675 g/mol. The number of carbonyl (C=O) groups is 2. The summed E-state index contributed by atoms with van der Waals surface area (Å²) < 4.78 is 26.3. The molecule has 2 N–H and O–H groups in total. The van der Waals surface area contributed by atoms with Gasteiger partial charge in [0.2, 0.25) is 0 Å². The van der Waals surface area contributed by atoms with Crippen LogP contribution in [0, 0.1) is 0 Å². The molecule has 0 amide bonds. The van der Waals surface area contributed by atoms with Crippen LogP contribution in [0.4, 0.5) is 0 Å². The maximum atomic E-state index is 12.3. The van der Waals surface area contributed by atoms with E-state index >= 15 is 0 Å². The van der Waals surface area contributed by atoms with Gasteiger partial charge in [-0.1, -0.05) is 154 Å². The van der Waals surface area contributed by atoms with Crippen LogP contribution in [-0.4, -0.2) is 41.0 Å². The molecule has 0 aromatic rings. The van der Waals surface area contributed by atoms with Crippen molar-refractivity contribution >= 4 is 19.8 Å². The molecule has 0 heterocycles. The summed E-state index contributed by atoms with van der Waals surface area (Å²) in [5, 5.41) is 0. The summed E-state index contributed by atoms with van der Waals surface area (Å²) in [6, 6.07) is 0. The molecule has 1 atom stereocenters. The Morgan fingerprint density at radius 2 is 0.913 bits per heavy atom. The van der Waals surface area contributed by atoms with Crippen LogP contribution in [-0.2, 0) is 28.2 Å². The van der Waals surface area contributed by atoms with Crippen LogP contribution in [0.25, 0.3) is 0 Å². The number of carbonyl (C=O) groups excluding carboxylic acids is 2. The van der Waals surface area contributed by atoms with Crippen molar-refractivity contribution in [3.63, 3.8) is 0 Å². The van der Waals surface area contributed by atoms with E-state index < -0.39 is 32.5 Å². The second kappa shape index (κ2) is 33.7. The molecule has 46 heavy (non-hydrogen) atoms. The second-order valence-electron chi connectivity index (χ2n) is 12.9. The minimum absolute atomic E-state index is 0.211. The molecule has 0 radical (unpaired) electrons. The van der Waals surface area contributed by atoms with Crippen LogP contribution < -0.4 is 0 Å². The summed E-state index contributed by atoms with van der Waals surface area (Å²) in [5.74, 6) is -0.884. The summed E-state index contributed by atoms with van der Waals surface area (Å²) in [5.41, 5.74) is 0. The molecule has 0 fully saturated rings. The van der Waals surface area contributed by atoms with E-state index in [-0.39, 0.29) is 19.4 Å². The van der Waals surface area contributed by atoms with E-state index in [4.69, 9.17) is 19.3 Å². The first kappa shape index (κ1) is 44.8. The third kappa shape index (κ3) is 35.6. The number of esters is 2. The Balaban J connectivity index is 3.93. The van der Waals surface area contributed by atoms with E-state index in [1.165, 1.54) is 116 Å². The van der Waals surface area contributed by atoms with E-state index in [2.05, 4.69) is 30.5 Å². The molecular weight excluding hydrogens is 603 g/mol. The number of ether oxygens (including phenoxy) is 2. The van der Waals surface area contributed by atoms with E-state index in [1.54, 1.807) is 0 Å². The molecule has 8 nitrogen and oxygen atoms in total. The SMILES string of the molecule is CCCCCCCC/C=C\CCCCCCCCCC(=O)OC(COC(=O)CCCCCCCCCCCCC)COP(=O)(O)O. The minimum Gasteiger partial charge on any atom is -0.462 e. The highest BCUT2D eigenvalue weighted by Gasteiger charge is 2.22. The van der Waals surface area contributed by atoms with Crippen LogP contribution >= 0.6 is 7.82 Å². The molecule has 0 aliphatic rings. The summed E-state index contributed by atoms with van der Waals surface area (Å²) in [6.07, 6.45) is 35.0. The lowest BCUT2D eigenvalue weighted by atomic mass is 10.1. The van der Waals surface area contributed by atoms with Crippen LogP contribution in [0.2, 0.25) is 0 Å². The molecule has 0 aromatic heterocycles. The normalized spacial score (nSPS) is 12.5. The van der Waals surface area contributed by atoms with Crippen molar-refractivity contribution in [2.45, 2.75) is 200 Å². The number of allylic oxidation sites excluding steroid dienone is 2. The number of rotatable bonds is 35. The van der Waals surface area contributed by atoms with Crippen molar-refractivity contribution in [1.82, 2.24) is 0 Å². The van der Waals surface area contributed by atoms with Crippen molar-refractivity contribution in [3.8, 4) is 0 Å². The highest BCUT2D eigenvalue weighted by molar-refractivity contribution is 7.46. The fourth-order valence-corrected chi connectivity index (χ4v) is 5.79. The summed E-state index contributed by atoms with van der Waals surface area (Å²) >= 11 is 0. The van der Waals surface area contributed by atoms with Crippen molar-refractivity contribution in [2.75, 3.05) is 13.2 Å². The number of phosphoric acid groups is 1. The largest absolute Gasteiger partial charge is 0.469 e. The smallest absolute Gasteiger partial charge is 0.462 e. The zero-order valence-electron chi connectivity index (χ0n) is 29.7. The van der Waals surface area contributed by atoms with Crippen molar-refractivity contribution < 1.29 is 37.9 Å². The van der Waals surface area contributed by atoms with Crippen molar-refractivity contribution in [3.05, 3.63) is 12.2 Å². The van der Waals surface area contributed by atoms with Gasteiger partial charge >= 0.3 is 19.8 Å². The standard InChI is InChI=1S/C37H71O8P/c1-3-5-7-9-11-13-15-16-17-18-19-20-22-24-26-28-30-32-37(39)45-35(34-44-46(40,41)42)33-43-36(38)31-29-27-25-23-21-14-12-10-8-6-4-2/h16-17,35H,3-15,18-34H2,1-2H3,(H2,40,41,42)/b17-16-. The van der Waals surface area contributed by atoms with Gasteiger partial charge in [0.05, 0.1) is 6.61 Å². The van der Waals surface area contributed by atoms with Gasteiger partial charge in [0.1, 0.15) is 6.61 Å². The fraction of sp³-hybridized carbons (Fsp3) is 0.892. The zero-order valence-corrected chi connectivity index (χ0v) is 30.6. The molecule has 0 spiro atoms. The lowest BCUT2D eigenvalue weighted by Gasteiger charge is -2.18. The van der Waals surface area contributed by atoms with Gasteiger partial charge < -0.3 is 19.3 Å². The number of hydrogen-bond donors (Lipinski definition) is 2. The summed E-state index contributed by atoms with van der Waals surface area (Å²) in [7, 11) is -4.74. The van der Waals surface area contributed by atoms with Gasteiger partial charge in [0.15, 0.2) is 6.10 Å². The lowest BCUT2D eigenvalue weighted by molar-refractivity contribution is -0.161. The Kier molecular flexibility index (Phi) is 32.8. The first-order valence-electron chi connectivity index (χ1n) is 19.0. The number of phosphoric ester groups is 1. The van der Waals surface area contributed by atoms with Gasteiger partial charge in [0, 0.05) is 12.8 Å². The molecule has 0 aliphatic carbocycles. The molecule has 0 aliphatic heterocycles. The Bertz CT molecular complexity index is 766. The van der Waals surface area contributed by atoms with Gasteiger partial charge in [-0.3, -0.25) is 14.1 Å². The Morgan fingerprint density at radius 1 is 0.543 bits per heavy atom. The van der Waals surface area contributed by atoms with Crippen LogP contribution in [0.15, 0.2) is 12.2 Å². The first-order valence-corrected chi connectivity index (χ1v) is 20.5. The lowest BCUT2D eigenvalue weighted by Crippen LogP contribution is -2.29. The van der Waals surface area contributed by atoms with E-state index in [9.17, 15) is 14.2 Å². The second-order valence-corrected chi connectivity index (χ2v) is 14.1. The molecule has 0 rings (SSSR count). The average Bonchev–Trinajstić information content (AvgIpc) is 3.02. The fourth-order valence-electron chi connectivity index (χ4n) is 5.43. The first-order chi connectivity index (χ1) is 22.3. The van der Waals surface area contributed by atoms with Crippen molar-refractivity contribution in [2.24, 2.45) is 0 Å². The maximum absolute atomic E-state index is 12.3. The molecule has 272 valence electrons.